The van der Waals surface area contributed by atoms with Crippen LogP contribution >= 0.6 is 11.3 Å². The predicted molar refractivity (Wildman–Crippen MR) is 175 cm³/mol. The highest BCUT2D eigenvalue weighted by Gasteiger charge is 2.24. The van der Waals surface area contributed by atoms with Crippen LogP contribution in [0.2, 0.25) is 0 Å². The molecule has 2 aromatic heterocycles. The first kappa shape index (κ1) is 22.7. The molecule has 0 atom stereocenters. The van der Waals surface area contributed by atoms with E-state index >= 15 is 0 Å². The fourth-order valence-corrected chi connectivity index (χ4v) is 7.94. The van der Waals surface area contributed by atoms with Crippen molar-refractivity contribution in [1.82, 2.24) is 4.98 Å². The molecule has 0 spiro atoms. The lowest BCUT2D eigenvalue weighted by Gasteiger charge is -2.24. The molecule has 0 saturated heterocycles. The number of thiophene rings is 1. The molecule has 0 bridgehead atoms. The Morgan fingerprint density at radius 3 is 1.83 bits per heavy atom. The van der Waals surface area contributed by atoms with Crippen LogP contribution in [0.1, 0.15) is 0 Å². The molecule has 190 valence electrons. The van der Waals surface area contributed by atoms with E-state index in [9.17, 15) is 0 Å². The quantitative estimate of drug-likeness (QED) is 0.203. The van der Waals surface area contributed by atoms with Crippen LogP contribution in [0.3, 0.4) is 0 Å². The van der Waals surface area contributed by atoms with Crippen LogP contribution in [0.25, 0.3) is 86.7 Å². The average Bonchev–Trinajstić information content (AvgIpc) is 3.42. The molecule has 41 heavy (non-hydrogen) atoms. The molecule has 2 heteroatoms. The van der Waals surface area contributed by atoms with Crippen LogP contribution in [0.15, 0.2) is 140 Å². The average molecular weight is 538 g/mol. The molecule has 1 nitrogen and oxygen atoms in total. The van der Waals surface area contributed by atoms with Crippen LogP contribution < -0.4 is 0 Å². The summed E-state index contributed by atoms with van der Waals surface area (Å²) in [7, 11) is 0. The smallest absolute Gasteiger partial charge is 0.0708 e. The van der Waals surface area contributed by atoms with Gasteiger partial charge in [-0.3, -0.25) is 4.98 Å². The van der Waals surface area contributed by atoms with Crippen molar-refractivity contribution in [2.24, 2.45) is 0 Å². The number of aromatic nitrogens is 1. The molecule has 1 aliphatic carbocycles. The summed E-state index contributed by atoms with van der Waals surface area (Å²) in [6.45, 7) is 0. The summed E-state index contributed by atoms with van der Waals surface area (Å²) >= 11 is 1.89. The van der Waals surface area contributed by atoms with E-state index in [1.165, 1.54) is 81.2 Å². The highest BCUT2D eigenvalue weighted by atomic mass is 32.1. The summed E-state index contributed by atoms with van der Waals surface area (Å²) in [6, 6.07) is 48.9. The Morgan fingerprint density at radius 1 is 0.415 bits per heavy atom. The molecule has 9 rings (SSSR count). The minimum atomic E-state index is 1.01. The van der Waals surface area contributed by atoms with Gasteiger partial charge in [-0.2, -0.15) is 0 Å². The van der Waals surface area contributed by atoms with Gasteiger partial charge in [-0.25, -0.2) is 0 Å². The maximum absolute atomic E-state index is 4.76. The Hall–Kier alpha value is -5.05. The second-order valence-corrected chi connectivity index (χ2v) is 11.7. The van der Waals surface area contributed by atoms with E-state index in [2.05, 4.69) is 133 Å². The largest absolute Gasteiger partial charge is 0.256 e. The van der Waals surface area contributed by atoms with Crippen molar-refractivity contribution >= 4 is 42.4 Å². The molecule has 0 saturated carbocycles. The monoisotopic (exact) mass is 537 g/mol. The van der Waals surface area contributed by atoms with Crippen LogP contribution in [0.4, 0.5) is 0 Å². The molecule has 0 aliphatic heterocycles. The zero-order chi connectivity index (χ0) is 26.9. The Morgan fingerprint density at radius 2 is 1.02 bits per heavy atom. The van der Waals surface area contributed by atoms with E-state index < -0.39 is 0 Å². The van der Waals surface area contributed by atoms with Crippen molar-refractivity contribution in [3.05, 3.63) is 140 Å². The number of pyridine rings is 1. The number of nitrogens with zero attached hydrogens (tertiary/aromatic N) is 1. The number of hydrogen-bond donors (Lipinski definition) is 0. The minimum Gasteiger partial charge on any atom is -0.256 e. The molecule has 0 amide bonds. The summed E-state index contributed by atoms with van der Waals surface area (Å²) in [4.78, 5) is 4.76. The highest BCUT2D eigenvalue weighted by Crippen LogP contribution is 2.51. The van der Waals surface area contributed by atoms with Gasteiger partial charge in [-0.05, 0) is 79.9 Å². The fraction of sp³-hybridized carbons (Fsp3) is 0. The normalized spacial score (nSPS) is 11.9. The Kier molecular flexibility index (Phi) is 4.84. The van der Waals surface area contributed by atoms with Gasteiger partial charge in [0.15, 0.2) is 0 Å². The zero-order valence-corrected chi connectivity index (χ0v) is 23.0. The van der Waals surface area contributed by atoms with Gasteiger partial charge in [0.2, 0.25) is 0 Å². The minimum absolute atomic E-state index is 1.01. The molecule has 0 unspecified atom stereocenters. The first-order valence-electron chi connectivity index (χ1n) is 14.0. The number of rotatable bonds is 1. The zero-order valence-electron chi connectivity index (χ0n) is 22.1. The molecule has 2 heterocycles. The highest BCUT2D eigenvalue weighted by molar-refractivity contribution is 7.26. The second-order valence-electron chi connectivity index (χ2n) is 10.7. The van der Waals surface area contributed by atoms with Gasteiger partial charge in [0.05, 0.1) is 5.52 Å². The lowest BCUT2D eigenvalue weighted by atomic mass is 9.79. The SMILES string of the molecule is c1ccc2c(c1)-c1ccccc1-c1ccc3ncccc3c1-c1cc(-c3cccc4c3sc3ccccc34)ccc1-2. The first-order valence-corrected chi connectivity index (χ1v) is 14.8. The van der Waals surface area contributed by atoms with Crippen LogP contribution in [0.5, 0.6) is 0 Å². The summed E-state index contributed by atoms with van der Waals surface area (Å²) in [6.07, 6.45) is 1.89. The molecule has 8 aromatic rings. The maximum atomic E-state index is 4.76. The number of hydrogen-bond acceptors (Lipinski definition) is 2. The summed E-state index contributed by atoms with van der Waals surface area (Å²) < 4.78 is 2.67. The number of benzene rings is 6. The summed E-state index contributed by atoms with van der Waals surface area (Å²) in [5, 5.41) is 3.83. The lowest BCUT2D eigenvalue weighted by Crippen LogP contribution is -1.98. The van der Waals surface area contributed by atoms with Crippen molar-refractivity contribution in [3.8, 4) is 55.6 Å². The van der Waals surface area contributed by atoms with Crippen LogP contribution in [-0.2, 0) is 0 Å². The van der Waals surface area contributed by atoms with Crippen molar-refractivity contribution in [3.63, 3.8) is 0 Å². The van der Waals surface area contributed by atoms with E-state index in [0.717, 1.165) is 5.52 Å². The molecule has 0 radical (unpaired) electrons. The van der Waals surface area contributed by atoms with E-state index in [4.69, 9.17) is 4.98 Å². The van der Waals surface area contributed by atoms with E-state index in [1.54, 1.807) is 0 Å². The topological polar surface area (TPSA) is 12.9 Å². The van der Waals surface area contributed by atoms with Crippen LogP contribution in [0, 0.1) is 0 Å². The maximum Gasteiger partial charge on any atom is 0.0708 e. The summed E-state index contributed by atoms with van der Waals surface area (Å²) in [5.41, 5.74) is 13.6. The standard InChI is InChI=1S/C39H23NS/c1-2-11-28-26(9-1)27-10-3-4-12-29(27)32-20-21-36-34(16-8-22-40-36)38(32)35-23-24(18-19-30(28)35)25-14-7-15-33-31-13-5-6-17-37(31)41-39(25)33/h1-23H. The lowest BCUT2D eigenvalue weighted by molar-refractivity contribution is 1.41. The van der Waals surface area contributed by atoms with Gasteiger partial charge in [-0.15, -0.1) is 11.3 Å². The number of fused-ring (bicyclic) bond motifs is 13. The van der Waals surface area contributed by atoms with Gasteiger partial charge in [0.1, 0.15) is 0 Å². The van der Waals surface area contributed by atoms with Crippen molar-refractivity contribution < 1.29 is 0 Å². The second kappa shape index (κ2) is 8.72. The van der Waals surface area contributed by atoms with Crippen molar-refractivity contribution in [2.45, 2.75) is 0 Å². The van der Waals surface area contributed by atoms with Crippen LogP contribution in [-0.4, -0.2) is 4.98 Å². The molecule has 0 N–H and O–H groups in total. The van der Waals surface area contributed by atoms with E-state index in [0.29, 0.717) is 0 Å². The first-order chi connectivity index (χ1) is 20.3. The fourth-order valence-electron chi connectivity index (χ4n) is 6.70. The van der Waals surface area contributed by atoms with Gasteiger partial charge in [0.25, 0.3) is 0 Å². The molecular weight excluding hydrogens is 515 g/mol. The van der Waals surface area contributed by atoms with Gasteiger partial charge >= 0.3 is 0 Å². The molecule has 1 aliphatic rings. The van der Waals surface area contributed by atoms with Gasteiger partial charge < -0.3 is 0 Å². The molecular formula is C39H23NS. The van der Waals surface area contributed by atoms with Crippen molar-refractivity contribution in [1.29, 1.82) is 0 Å². The Bertz CT molecular complexity index is 2320. The van der Waals surface area contributed by atoms with E-state index in [1.807, 2.05) is 17.5 Å². The predicted octanol–water partition coefficient (Wildman–Crippen LogP) is 11.3. The third-order valence-electron chi connectivity index (χ3n) is 8.51. The van der Waals surface area contributed by atoms with Gasteiger partial charge in [0, 0.05) is 31.8 Å². The summed E-state index contributed by atoms with van der Waals surface area (Å²) in [5.74, 6) is 0. The van der Waals surface area contributed by atoms with Gasteiger partial charge in [-0.1, -0.05) is 109 Å². The third-order valence-corrected chi connectivity index (χ3v) is 9.73. The van der Waals surface area contributed by atoms with Crippen molar-refractivity contribution in [2.75, 3.05) is 0 Å². The molecule has 6 aromatic carbocycles. The molecule has 0 fully saturated rings. The third kappa shape index (κ3) is 3.32. The Labute approximate surface area is 242 Å². The Balaban J connectivity index is 1.42. The van der Waals surface area contributed by atoms with E-state index in [-0.39, 0.29) is 0 Å².